The smallest absolute Gasteiger partial charge is 0.226 e. The van der Waals surface area contributed by atoms with Gasteiger partial charge in [0.05, 0.1) is 0 Å². The molecule has 0 saturated carbocycles. The molecule has 15 heavy (non-hydrogen) atoms. The van der Waals surface area contributed by atoms with Gasteiger partial charge in [0.15, 0.2) is 5.65 Å². The largest absolute Gasteiger partial charge is 0.368 e. The van der Waals surface area contributed by atoms with Crippen LogP contribution in [0.4, 0.5) is 5.95 Å². The van der Waals surface area contributed by atoms with Crippen LogP contribution in [0.3, 0.4) is 0 Å². The molecule has 0 fully saturated rings. The van der Waals surface area contributed by atoms with Crippen molar-refractivity contribution in [3.8, 4) is 0 Å². The average molecular weight is 206 g/mol. The summed E-state index contributed by atoms with van der Waals surface area (Å²) < 4.78 is 1.79. The summed E-state index contributed by atoms with van der Waals surface area (Å²) in [5.41, 5.74) is 7.62. The summed E-state index contributed by atoms with van der Waals surface area (Å²) in [7, 11) is 0. The molecule has 0 atom stereocenters. The standard InChI is InChI=1S/C8H10N4.C3H8/c1-2-6-3-4-7-10-11-8(9)12(7)5-6;1-3-2/h3-5H,2H2,1H3,(H2,9,11);3H2,1-2H3. The van der Waals surface area contributed by atoms with Gasteiger partial charge in [-0.3, -0.25) is 4.40 Å². The van der Waals surface area contributed by atoms with Crippen molar-refractivity contribution in [1.29, 1.82) is 0 Å². The second kappa shape index (κ2) is 5.34. The van der Waals surface area contributed by atoms with Crippen LogP contribution in [0.5, 0.6) is 0 Å². The maximum absolute atomic E-state index is 5.59. The molecular formula is C11H18N4. The first kappa shape index (κ1) is 11.5. The monoisotopic (exact) mass is 206 g/mol. The van der Waals surface area contributed by atoms with E-state index in [9.17, 15) is 0 Å². The Morgan fingerprint density at radius 1 is 1.20 bits per heavy atom. The fraction of sp³-hybridized carbons (Fsp3) is 0.455. The molecule has 2 rings (SSSR count). The average Bonchev–Trinajstić information content (AvgIpc) is 2.61. The number of pyridine rings is 1. The molecular weight excluding hydrogens is 188 g/mol. The summed E-state index contributed by atoms with van der Waals surface area (Å²) in [6.45, 7) is 6.35. The maximum Gasteiger partial charge on any atom is 0.226 e. The van der Waals surface area contributed by atoms with Gasteiger partial charge in [-0.1, -0.05) is 33.3 Å². The van der Waals surface area contributed by atoms with Crippen LogP contribution in [0.2, 0.25) is 0 Å². The fourth-order valence-corrected chi connectivity index (χ4v) is 1.16. The Morgan fingerprint density at radius 3 is 2.47 bits per heavy atom. The maximum atomic E-state index is 5.59. The van der Waals surface area contributed by atoms with Crippen LogP contribution in [0, 0.1) is 0 Å². The molecule has 0 radical (unpaired) electrons. The molecule has 0 aromatic carbocycles. The van der Waals surface area contributed by atoms with Crippen LogP contribution in [-0.2, 0) is 6.42 Å². The first-order chi connectivity index (χ1) is 7.22. The van der Waals surface area contributed by atoms with Crippen molar-refractivity contribution >= 4 is 11.6 Å². The van der Waals surface area contributed by atoms with Gasteiger partial charge in [-0.15, -0.1) is 10.2 Å². The second-order valence-corrected chi connectivity index (χ2v) is 3.38. The Balaban J connectivity index is 0.000000337. The van der Waals surface area contributed by atoms with Crippen LogP contribution in [0.1, 0.15) is 32.8 Å². The number of aromatic nitrogens is 3. The van der Waals surface area contributed by atoms with Gasteiger partial charge in [-0.2, -0.15) is 0 Å². The van der Waals surface area contributed by atoms with Crippen molar-refractivity contribution < 1.29 is 0 Å². The summed E-state index contributed by atoms with van der Waals surface area (Å²) in [5.74, 6) is 0.445. The van der Waals surface area contributed by atoms with E-state index in [1.54, 1.807) is 4.40 Å². The number of aryl methyl sites for hydroxylation is 1. The molecule has 0 amide bonds. The quantitative estimate of drug-likeness (QED) is 0.778. The van der Waals surface area contributed by atoms with E-state index in [4.69, 9.17) is 5.73 Å². The van der Waals surface area contributed by atoms with Gasteiger partial charge < -0.3 is 5.73 Å². The highest BCUT2D eigenvalue weighted by atomic mass is 15.3. The molecule has 0 aliphatic heterocycles. The topological polar surface area (TPSA) is 56.2 Å². The minimum absolute atomic E-state index is 0.445. The normalized spacial score (nSPS) is 9.80. The van der Waals surface area contributed by atoms with Crippen molar-refractivity contribution in [3.63, 3.8) is 0 Å². The SMILES string of the molecule is CCC.CCc1ccc2nnc(N)n2c1. The molecule has 0 aliphatic carbocycles. The van der Waals surface area contributed by atoms with E-state index in [1.165, 1.54) is 12.0 Å². The Labute approximate surface area is 90.1 Å². The Kier molecular flexibility index (Phi) is 4.09. The molecule has 82 valence electrons. The van der Waals surface area contributed by atoms with Gasteiger partial charge in [-0.05, 0) is 18.1 Å². The van der Waals surface area contributed by atoms with E-state index in [-0.39, 0.29) is 0 Å². The molecule has 0 spiro atoms. The van der Waals surface area contributed by atoms with E-state index in [0.717, 1.165) is 12.1 Å². The number of rotatable bonds is 1. The number of nitrogen functional groups attached to an aromatic ring is 1. The van der Waals surface area contributed by atoms with Crippen molar-refractivity contribution in [2.45, 2.75) is 33.6 Å². The molecule has 2 N–H and O–H groups in total. The number of hydrogen-bond donors (Lipinski definition) is 1. The molecule has 2 aromatic rings. The lowest BCUT2D eigenvalue weighted by molar-refractivity contribution is 1.07. The number of anilines is 1. The van der Waals surface area contributed by atoms with E-state index in [0.29, 0.717) is 5.95 Å². The van der Waals surface area contributed by atoms with E-state index in [1.807, 2.05) is 18.3 Å². The van der Waals surface area contributed by atoms with Crippen molar-refractivity contribution in [3.05, 3.63) is 23.9 Å². The summed E-state index contributed by atoms with van der Waals surface area (Å²) in [5, 5.41) is 7.64. The van der Waals surface area contributed by atoms with Gasteiger partial charge in [0, 0.05) is 6.20 Å². The van der Waals surface area contributed by atoms with Crippen LogP contribution in [0.15, 0.2) is 18.3 Å². The molecule has 0 saturated heterocycles. The molecule has 0 aliphatic rings. The zero-order valence-corrected chi connectivity index (χ0v) is 9.57. The van der Waals surface area contributed by atoms with Gasteiger partial charge >= 0.3 is 0 Å². The molecule has 2 aromatic heterocycles. The molecule has 4 nitrogen and oxygen atoms in total. The van der Waals surface area contributed by atoms with Crippen LogP contribution in [-0.4, -0.2) is 14.6 Å². The first-order valence-corrected chi connectivity index (χ1v) is 5.32. The Hall–Kier alpha value is -1.58. The van der Waals surface area contributed by atoms with Gasteiger partial charge in [-0.25, -0.2) is 0 Å². The number of nitrogens with two attached hydrogens (primary N) is 1. The lowest BCUT2D eigenvalue weighted by Gasteiger charge is -1.97. The fourth-order valence-electron chi connectivity index (χ4n) is 1.16. The molecule has 4 heteroatoms. The number of hydrogen-bond acceptors (Lipinski definition) is 3. The van der Waals surface area contributed by atoms with Gasteiger partial charge in [0.2, 0.25) is 5.95 Å². The minimum Gasteiger partial charge on any atom is -0.368 e. The molecule has 0 bridgehead atoms. The lowest BCUT2D eigenvalue weighted by atomic mass is 10.2. The van der Waals surface area contributed by atoms with Gasteiger partial charge in [0.25, 0.3) is 0 Å². The molecule has 0 unspecified atom stereocenters. The zero-order valence-electron chi connectivity index (χ0n) is 9.57. The lowest BCUT2D eigenvalue weighted by Crippen LogP contribution is -1.94. The van der Waals surface area contributed by atoms with E-state index < -0.39 is 0 Å². The third-order valence-corrected chi connectivity index (χ3v) is 1.90. The van der Waals surface area contributed by atoms with Gasteiger partial charge in [0.1, 0.15) is 0 Å². The zero-order chi connectivity index (χ0) is 11.3. The highest BCUT2D eigenvalue weighted by Crippen LogP contribution is 2.07. The Morgan fingerprint density at radius 2 is 1.87 bits per heavy atom. The second-order valence-electron chi connectivity index (χ2n) is 3.38. The Bertz CT molecular complexity index is 419. The van der Waals surface area contributed by atoms with E-state index in [2.05, 4.69) is 31.0 Å². The summed E-state index contributed by atoms with van der Waals surface area (Å²) in [4.78, 5) is 0. The summed E-state index contributed by atoms with van der Waals surface area (Å²) in [6.07, 6.45) is 4.21. The van der Waals surface area contributed by atoms with Crippen molar-refractivity contribution in [1.82, 2.24) is 14.6 Å². The van der Waals surface area contributed by atoms with Crippen LogP contribution in [0.25, 0.3) is 5.65 Å². The summed E-state index contributed by atoms with van der Waals surface area (Å²) in [6, 6.07) is 3.95. The van der Waals surface area contributed by atoms with Crippen LogP contribution >= 0.6 is 0 Å². The molecule has 2 heterocycles. The van der Waals surface area contributed by atoms with E-state index >= 15 is 0 Å². The first-order valence-electron chi connectivity index (χ1n) is 5.32. The highest BCUT2D eigenvalue weighted by Gasteiger charge is 2.00. The summed E-state index contributed by atoms with van der Waals surface area (Å²) >= 11 is 0. The van der Waals surface area contributed by atoms with Crippen LogP contribution < -0.4 is 5.73 Å². The predicted molar refractivity (Wildman–Crippen MR) is 62.7 cm³/mol. The highest BCUT2D eigenvalue weighted by molar-refractivity contribution is 5.44. The number of fused-ring (bicyclic) bond motifs is 1. The third kappa shape index (κ3) is 2.68. The van der Waals surface area contributed by atoms with Crippen molar-refractivity contribution in [2.24, 2.45) is 0 Å². The third-order valence-electron chi connectivity index (χ3n) is 1.90. The minimum atomic E-state index is 0.445. The predicted octanol–water partition coefficient (Wildman–Crippen LogP) is 2.29. The van der Waals surface area contributed by atoms with Crippen molar-refractivity contribution in [2.75, 3.05) is 5.73 Å². The number of nitrogens with zero attached hydrogens (tertiary/aromatic N) is 3.